The van der Waals surface area contributed by atoms with Gasteiger partial charge in [0.2, 0.25) is 15.8 Å². The van der Waals surface area contributed by atoms with Crippen molar-refractivity contribution in [2.75, 3.05) is 13.1 Å². The molecule has 2 N–H and O–H groups in total. The van der Waals surface area contributed by atoms with Gasteiger partial charge in [-0.15, -0.1) is 0 Å². The Morgan fingerprint density at radius 3 is 2.43 bits per heavy atom. The monoisotopic (exact) mass is 317 g/mol. The highest BCUT2D eigenvalue weighted by Gasteiger charge is 2.33. The van der Waals surface area contributed by atoms with Gasteiger partial charge >= 0.3 is 5.97 Å². The lowest BCUT2D eigenvalue weighted by atomic mass is 9.93. The molecule has 1 atom stereocenters. The molecule has 1 aromatic heterocycles. The summed E-state index contributed by atoms with van der Waals surface area (Å²) in [6.07, 6.45) is 0.711. The Morgan fingerprint density at radius 2 is 2.00 bits per heavy atom. The van der Waals surface area contributed by atoms with Crippen LogP contribution in [-0.4, -0.2) is 48.1 Å². The third-order valence-corrected chi connectivity index (χ3v) is 5.89. The van der Waals surface area contributed by atoms with Gasteiger partial charge in [0.25, 0.3) is 0 Å². The van der Waals surface area contributed by atoms with Crippen molar-refractivity contribution in [3.8, 4) is 0 Å². The smallest absolute Gasteiger partial charge is 0.371 e. The molecule has 1 unspecified atom stereocenters. The van der Waals surface area contributed by atoms with E-state index in [9.17, 15) is 18.3 Å². The van der Waals surface area contributed by atoms with Crippen molar-refractivity contribution in [2.24, 2.45) is 5.92 Å². The number of sulfonamides is 1. The average Bonchev–Trinajstić information content (AvgIpc) is 2.82. The summed E-state index contributed by atoms with van der Waals surface area (Å²) in [6.45, 7) is 3.76. The molecule has 2 rings (SSSR count). The van der Waals surface area contributed by atoms with Crippen LogP contribution in [0, 0.1) is 12.8 Å². The number of carboxylic acid groups (broad SMARTS) is 1. The van der Waals surface area contributed by atoms with Gasteiger partial charge in [-0.3, -0.25) is 0 Å². The molecule has 8 heteroatoms. The highest BCUT2D eigenvalue weighted by atomic mass is 32.2. The summed E-state index contributed by atoms with van der Waals surface area (Å²) in [4.78, 5) is 10.8. The maximum absolute atomic E-state index is 12.5. The van der Waals surface area contributed by atoms with Crippen LogP contribution in [0.5, 0.6) is 0 Å². The third kappa shape index (κ3) is 3.12. The van der Waals surface area contributed by atoms with E-state index in [0.717, 1.165) is 6.07 Å². The third-order valence-electron chi connectivity index (χ3n) is 3.88. The van der Waals surface area contributed by atoms with E-state index in [1.165, 1.54) is 11.2 Å². The molecular formula is C13H19NO6S. The van der Waals surface area contributed by atoms with Crippen molar-refractivity contribution in [3.05, 3.63) is 17.6 Å². The minimum Gasteiger partial charge on any atom is -0.475 e. The predicted molar refractivity (Wildman–Crippen MR) is 73.6 cm³/mol. The summed E-state index contributed by atoms with van der Waals surface area (Å²) < 4.78 is 31.3. The predicted octanol–water partition coefficient (Wildman–Crippen LogP) is 1.07. The molecule has 118 valence electrons. The summed E-state index contributed by atoms with van der Waals surface area (Å²) >= 11 is 0. The Bertz CT molecular complexity index is 625. The molecule has 1 fully saturated rings. The standard InChI is InChI=1S/C13H19NO6S/c1-8(15)10-3-5-14(6-4-10)21(18,19)12-7-11(13(16)17)20-9(12)2/h7-8,10,15H,3-6H2,1-2H3,(H,16,17). The second-order valence-corrected chi connectivity index (χ2v) is 7.22. The molecule has 0 aliphatic carbocycles. The summed E-state index contributed by atoms with van der Waals surface area (Å²) in [5, 5.41) is 18.4. The van der Waals surface area contributed by atoms with Crippen molar-refractivity contribution >= 4 is 16.0 Å². The maximum atomic E-state index is 12.5. The zero-order valence-electron chi connectivity index (χ0n) is 11.9. The van der Waals surface area contributed by atoms with Gasteiger partial charge < -0.3 is 14.6 Å². The van der Waals surface area contributed by atoms with Crippen LogP contribution in [0.3, 0.4) is 0 Å². The topological polar surface area (TPSA) is 108 Å². The van der Waals surface area contributed by atoms with Gasteiger partial charge in [0.05, 0.1) is 6.10 Å². The average molecular weight is 317 g/mol. The van der Waals surface area contributed by atoms with Gasteiger partial charge in [0.1, 0.15) is 10.7 Å². The van der Waals surface area contributed by atoms with Crippen molar-refractivity contribution in [2.45, 2.75) is 37.7 Å². The Hall–Kier alpha value is -1.38. The first-order valence-corrected chi connectivity index (χ1v) is 8.19. The number of nitrogens with zero attached hydrogens (tertiary/aromatic N) is 1. The SMILES string of the molecule is Cc1oc(C(=O)O)cc1S(=O)(=O)N1CCC(C(C)O)CC1. The maximum Gasteiger partial charge on any atom is 0.371 e. The molecule has 2 heterocycles. The lowest BCUT2D eigenvalue weighted by Crippen LogP contribution is -2.40. The van der Waals surface area contributed by atoms with Gasteiger partial charge in [-0.05, 0) is 32.6 Å². The van der Waals surface area contributed by atoms with Gasteiger partial charge in [0.15, 0.2) is 0 Å². The summed E-state index contributed by atoms with van der Waals surface area (Å²) in [7, 11) is -3.76. The number of aliphatic hydroxyl groups excluding tert-OH is 1. The molecule has 0 saturated carbocycles. The second-order valence-electron chi connectivity index (χ2n) is 5.32. The van der Waals surface area contributed by atoms with E-state index in [0.29, 0.717) is 25.9 Å². The molecule has 0 amide bonds. The summed E-state index contributed by atoms with van der Waals surface area (Å²) in [6, 6.07) is 1.05. The van der Waals surface area contributed by atoms with Crippen LogP contribution < -0.4 is 0 Å². The van der Waals surface area contributed by atoms with Gasteiger partial charge in [-0.2, -0.15) is 4.31 Å². The number of carboxylic acids is 1. The van der Waals surface area contributed by atoms with Crippen LogP contribution in [0.4, 0.5) is 0 Å². The van der Waals surface area contributed by atoms with Crippen LogP contribution in [0.25, 0.3) is 0 Å². The fourth-order valence-electron chi connectivity index (χ4n) is 2.56. The molecule has 0 radical (unpaired) electrons. The molecular weight excluding hydrogens is 298 g/mol. The minimum atomic E-state index is -3.76. The molecule has 1 aliphatic rings. The second kappa shape index (κ2) is 5.78. The largest absolute Gasteiger partial charge is 0.475 e. The van der Waals surface area contributed by atoms with E-state index in [1.807, 2.05) is 0 Å². The van der Waals surface area contributed by atoms with Crippen LogP contribution in [0.2, 0.25) is 0 Å². The zero-order valence-corrected chi connectivity index (χ0v) is 12.8. The van der Waals surface area contributed by atoms with E-state index in [-0.39, 0.29) is 22.3 Å². The van der Waals surface area contributed by atoms with E-state index < -0.39 is 22.1 Å². The first-order valence-electron chi connectivity index (χ1n) is 6.75. The lowest BCUT2D eigenvalue weighted by molar-refractivity contribution is 0.0661. The number of aliphatic hydroxyl groups is 1. The van der Waals surface area contributed by atoms with Gasteiger partial charge in [-0.25, -0.2) is 13.2 Å². The van der Waals surface area contributed by atoms with Crippen LogP contribution in [0.1, 0.15) is 36.1 Å². The van der Waals surface area contributed by atoms with Crippen LogP contribution in [-0.2, 0) is 10.0 Å². The first kappa shape index (κ1) is 16.0. The lowest BCUT2D eigenvalue weighted by Gasteiger charge is -2.32. The Morgan fingerprint density at radius 1 is 1.43 bits per heavy atom. The summed E-state index contributed by atoms with van der Waals surface area (Å²) in [5.41, 5.74) is 0. The first-order chi connectivity index (χ1) is 9.73. The number of hydrogen-bond donors (Lipinski definition) is 2. The quantitative estimate of drug-likeness (QED) is 0.860. The number of carbonyl (C=O) groups is 1. The number of aromatic carboxylic acids is 1. The Labute approximate surface area is 123 Å². The Balaban J connectivity index is 2.21. The Kier molecular flexibility index (Phi) is 4.40. The highest BCUT2D eigenvalue weighted by molar-refractivity contribution is 7.89. The van der Waals surface area contributed by atoms with Crippen molar-refractivity contribution in [3.63, 3.8) is 0 Å². The molecule has 1 aromatic rings. The van der Waals surface area contributed by atoms with Crippen molar-refractivity contribution < 1.29 is 27.8 Å². The number of hydrogen-bond acceptors (Lipinski definition) is 5. The molecule has 21 heavy (non-hydrogen) atoms. The van der Waals surface area contributed by atoms with Gasteiger partial charge in [-0.1, -0.05) is 0 Å². The number of piperidine rings is 1. The number of furan rings is 1. The summed E-state index contributed by atoms with van der Waals surface area (Å²) in [5.74, 6) is -1.51. The molecule has 1 aliphatic heterocycles. The van der Waals surface area contributed by atoms with E-state index in [4.69, 9.17) is 9.52 Å². The van der Waals surface area contributed by atoms with Crippen LogP contribution in [0.15, 0.2) is 15.4 Å². The molecule has 1 saturated heterocycles. The van der Waals surface area contributed by atoms with E-state index >= 15 is 0 Å². The highest BCUT2D eigenvalue weighted by Crippen LogP contribution is 2.28. The van der Waals surface area contributed by atoms with Crippen molar-refractivity contribution in [1.29, 1.82) is 0 Å². The van der Waals surface area contributed by atoms with Crippen LogP contribution >= 0.6 is 0 Å². The number of rotatable bonds is 4. The number of aryl methyl sites for hydroxylation is 1. The van der Waals surface area contributed by atoms with Crippen molar-refractivity contribution in [1.82, 2.24) is 4.31 Å². The molecule has 0 spiro atoms. The zero-order chi connectivity index (χ0) is 15.8. The molecule has 7 nitrogen and oxygen atoms in total. The van der Waals surface area contributed by atoms with E-state index in [2.05, 4.69) is 0 Å². The minimum absolute atomic E-state index is 0.0741. The van der Waals surface area contributed by atoms with Gasteiger partial charge in [0, 0.05) is 19.2 Å². The normalized spacial score (nSPS) is 19.6. The fraction of sp³-hybridized carbons (Fsp3) is 0.615. The fourth-order valence-corrected chi connectivity index (χ4v) is 4.20. The van der Waals surface area contributed by atoms with E-state index in [1.54, 1.807) is 6.92 Å². The molecule has 0 bridgehead atoms. The molecule has 0 aromatic carbocycles.